The van der Waals surface area contributed by atoms with E-state index in [2.05, 4.69) is 4.90 Å². The van der Waals surface area contributed by atoms with Crippen LogP contribution in [0.3, 0.4) is 0 Å². The molecule has 1 saturated heterocycles. The number of thioether (sulfide) groups is 1. The van der Waals surface area contributed by atoms with Gasteiger partial charge in [0.15, 0.2) is 0 Å². The number of nitrogens with zero attached hydrogens (tertiary/aromatic N) is 1. The zero-order valence-corrected chi connectivity index (χ0v) is 10.8. The highest BCUT2D eigenvalue weighted by molar-refractivity contribution is 8.03. The number of aldehydes is 1. The average Bonchev–Trinajstić information content (AvgIpc) is 2.92. The molecule has 4 nitrogen and oxygen atoms in total. The molecular formula is C12H15NO3S. The molecule has 0 unspecified atom stereocenters. The van der Waals surface area contributed by atoms with E-state index in [4.69, 9.17) is 4.74 Å². The standard InChI is InChI=1S/C12H15NO3S/c1-3-8(6-14)10-7-17-11-9(12(15)16-2)4-5-13(10)11/h6H,3-5,7H2,1-2H3. The molecular weight excluding hydrogens is 238 g/mol. The SMILES string of the molecule is CCC(C=O)=C1CSC2=C(C(=O)OC)CCN12. The smallest absolute Gasteiger partial charge is 0.336 e. The molecule has 2 aliphatic rings. The van der Waals surface area contributed by atoms with E-state index in [0.29, 0.717) is 6.42 Å². The second kappa shape index (κ2) is 4.96. The molecule has 0 aliphatic carbocycles. The third-order valence-corrected chi connectivity index (χ3v) is 4.24. The minimum Gasteiger partial charge on any atom is -0.466 e. The van der Waals surface area contributed by atoms with Gasteiger partial charge in [-0.25, -0.2) is 4.79 Å². The predicted molar refractivity (Wildman–Crippen MR) is 66.2 cm³/mol. The van der Waals surface area contributed by atoms with Crippen LogP contribution in [-0.4, -0.2) is 36.6 Å². The number of rotatable bonds is 3. The Morgan fingerprint density at radius 3 is 2.94 bits per heavy atom. The van der Waals surface area contributed by atoms with E-state index >= 15 is 0 Å². The number of esters is 1. The number of allylic oxidation sites excluding steroid dienone is 1. The van der Waals surface area contributed by atoms with Gasteiger partial charge in [-0.2, -0.15) is 0 Å². The lowest BCUT2D eigenvalue weighted by Gasteiger charge is -2.16. The highest BCUT2D eigenvalue weighted by Gasteiger charge is 2.35. The summed E-state index contributed by atoms with van der Waals surface area (Å²) in [6, 6.07) is 0. The van der Waals surface area contributed by atoms with Crippen molar-refractivity contribution >= 4 is 24.0 Å². The summed E-state index contributed by atoms with van der Waals surface area (Å²) in [5.41, 5.74) is 2.63. The molecule has 0 radical (unpaired) electrons. The Labute approximate surface area is 105 Å². The molecule has 2 heterocycles. The summed E-state index contributed by atoms with van der Waals surface area (Å²) >= 11 is 1.62. The molecule has 0 aromatic heterocycles. The molecule has 17 heavy (non-hydrogen) atoms. The predicted octanol–water partition coefficient (Wildman–Crippen LogP) is 1.69. The maximum atomic E-state index is 11.6. The summed E-state index contributed by atoms with van der Waals surface area (Å²) in [6.45, 7) is 2.75. The Kier molecular flexibility index (Phi) is 3.57. The minimum atomic E-state index is -0.250. The fourth-order valence-corrected chi connectivity index (χ4v) is 3.50. The first kappa shape index (κ1) is 12.2. The maximum absolute atomic E-state index is 11.6. The van der Waals surface area contributed by atoms with Gasteiger partial charge in [0, 0.05) is 30.0 Å². The molecule has 0 aromatic rings. The first-order valence-corrected chi connectivity index (χ1v) is 6.60. The van der Waals surface area contributed by atoms with Crippen LogP contribution in [0.1, 0.15) is 19.8 Å². The lowest BCUT2D eigenvalue weighted by atomic mass is 10.2. The third-order valence-electron chi connectivity index (χ3n) is 3.09. The van der Waals surface area contributed by atoms with Gasteiger partial charge in [0.25, 0.3) is 0 Å². The van der Waals surface area contributed by atoms with E-state index in [9.17, 15) is 9.59 Å². The molecule has 0 N–H and O–H groups in total. The van der Waals surface area contributed by atoms with Gasteiger partial charge in [-0.1, -0.05) is 6.92 Å². The van der Waals surface area contributed by atoms with Gasteiger partial charge in [0.1, 0.15) is 6.29 Å². The molecule has 92 valence electrons. The number of carbonyl (C=O) groups is 2. The van der Waals surface area contributed by atoms with E-state index in [0.717, 1.165) is 46.9 Å². The molecule has 0 spiro atoms. The minimum absolute atomic E-state index is 0.250. The first-order valence-electron chi connectivity index (χ1n) is 5.61. The van der Waals surface area contributed by atoms with Crippen LogP contribution in [0.4, 0.5) is 0 Å². The van der Waals surface area contributed by atoms with Crippen LogP contribution in [0, 0.1) is 0 Å². The molecule has 2 aliphatic heterocycles. The van der Waals surface area contributed by atoms with E-state index in [1.807, 2.05) is 6.92 Å². The number of methoxy groups -OCH3 is 1. The zero-order chi connectivity index (χ0) is 12.4. The van der Waals surface area contributed by atoms with E-state index in [1.54, 1.807) is 11.8 Å². The summed E-state index contributed by atoms with van der Waals surface area (Å²) in [5.74, 6) is 0.526. The van der Waals surface area contributed by atoms with Crippen LogP contribution < -0.4 is 0 Å². The van der Waals surface area contributed by atoms with Crippen LogP contribution in [0.2, 0.25) is 0 Å². The lowest BCUT2D eigenvalue weighted by Crippen LogP contribution is -2.15. The Morgan fingerprint density at radius 2 is 2.35 bits per heavy atom. The largest absolute Gasteiger partial charge is 0.466 e. The van der Waals surface area contributed by atoms with Gasteiger partial charge in [-0.3, -0.25) is 4.79 Å². The van der Waals surface area contributed by atoms with Crippen molar-refractivity contribution in [2.24, 2.45) is 0 Å². The summed E-state index contributed by atoms with van der Waals surface area (Å²) in [6.07, 6.45) is 2.36. The normalized spacial score (nSPS) is 21.6. The van der Waals surface area contributed by atoms with Gasteiger partial charge in [-0.05, 0) is 6.42 Å². The van der Waals surface area contributed by atoms with E-state index < -0.39 is 0 Å². The van der Waals surface area contributed by atoms with E-state index in [-0.39, 0.29) is 5.97 Å². The molecule has 5 heteroatoms. The Bertz CT molecular complexity index is 425. The molecule has 0 atom stereocenters. The van der Waals surface area contributed by atoms with Crippen molar-refractivity contribution in [3.63, 3.8) is 0 Å². The number of fused-ring (bicyclic) bond motifs is 1. The summed E-state index contributed by atoms with van der Waals surface area (Å²) in [4.78, 5) is 24.6. The topological polar surface area (TPSA) is 46.6 Å². The molecule has 0 saturated carbocycles. The molecule has 0 amide bonds. The van der Waals surface area contributed by atoms with Crippen LogP contribution in [0.25, 0.3) is 0 Å². The summed E-state index contributed by atoms with van der Waals surface area (Å²) < 4.78 is 4.77. The fraction of sp³-hybridized carbons (Fsp3) is 0.500. The van der Waals surface area contributed by atoms with Crippen molar-refractivity contribution in [3.8, 4) is 0 Å². The van der Waals surface area contributed by atoms with Crippen LogP contribution >= 0.6 is 11.8 Å². The van der Waals surface area contributed by atoms with Gasteiger partial charge in [0.2, 0.25) is 0 Å². The van der Waals surface area contributed by atoms with Crippen LogP contribution in [0.15, 0.2) is 21.9 Å². The molecule has 0 bridgehead atoms. The average molecular weight is 253 g/mol. The summed E-state index contributed by atoms with van der Waals surface area (Å²) in [7, 11) is 1.40. The van der Waals surface area contributed by atoms with Crippen LogP contribution in [-0.2, 0) is 14.3 Å². The van der Waals surface area contributed by atoms with Crippen molar-refractivity contribution in [1.29, 1.82) is 0 Å². The molecule has 1 fully saturated rings. The quantitative estimate of drug-likeness (QED) is 0.435. The zero-order valence-electron chi connectivity index (χ0n) is 9.99. The van der Waals surface area contributed by atoms with Crippen molar-refractivity contribution < 1.29 is 14.3 Å². The van der Waals surface area contributed by atoms with Crippen molar-refractivity contribution in [2.45, 2.75) is 19.8 Å². The highest BCUT2D eigenvalue weighted by atomic mass is 32.2. The second-order valence-corrected chi connectivity index (χ2v) is 4.87. The van der Waals surface area contributed by atoms with Gasteiger partial charge in [-0.15, -0.1) is 11.8 Å². The number of ether oxygens (including phenoxy) is 1. The molecule has 0 aromatic carbocycles. The highest BCUT2D eigenvalue weighted by Crippen LogP contribution is 2.43. The summed E-state index contributed by atoms with van der Waals surface area (Å²) in [5, 5.41) is 0.972. The fourth-order valence-electron chi connectivity index (χ4n) is 2.17. The second-order valence-electron chi connectivity index (χ2n) is 3.91. The number of hydrogen-bond acceptors (Lipinski definition) is 5. The third kappa shape index (κ3) is 1.99. The Hall–Kier alpha value is -1.23. The lowest BCUT2D eigenvalue weighted by molar-refractivity contribution is -0.136. The molecule has 2 rings (SSSR count). The van der Waals surface area contributed by atoms with Crippen molar-refractivity contribution in [3.05, 3.63) is 21.9 Å². The number of carbonyl (C=O) groups excluding carboxylic acids is 2. The van der Waals surface area contributed by atoms with Gasteiger partial charge < -0.3 is 9.64 Å². The first-order chi connectivity index (χ1) is 8.22. The van der Waals surface area contributed by atoms with Crippen LogP contribution in [0.5, 0.6) is 0 Å². The number of hydrogen-bond donors (Lipinski definition) is 0. The van der Waals surface area contributed by atoms with Crippen molar-refractivity contribution in [1.82, 2.24) is 4.90 Å². The monoisotopic (exact) mass is 253 g/mol. The Balaban J connectivity index is 2.34. The Morgan fingerprint density at radius 1 is 1.59 bits per heavy atom. The van der Waals surface area contributed by atoms with E-state index in [1.165, 1.54) is 7.11 Å². The van der Waals surface area contributed by atoms with Gasteiger partial charge >= 0.3 is 5.97 Å². The van der Waals surface area contributed by atoms with Gasteiger partial charge in [0.05, 0.1) is 17.7 Å². The van der Waals surface area contributed by atoms with Crippen molar-refractivity contribution in [2.75, 3.05) is 19.4 Å². The maximum Gasteiger partial charge on any atom is 0.336 e.